The van der Waals surface area contributed by atoms with E-state index in [1.165, 1.54) is 38.5 Å². The Bertz CT molecular complexity index is 1080. The molecular formula is C27H36ClN3O2. The highest BCUT2D eigenvalue weighted by Crippen LogP contribution is 2.64. The smallest absolute Gasteiger partial charge is 0.157 e. The van der Waals surface area contributed by atoms with Crippen molar-refractivity contribution in [1.82, 2.24) is 15.0 Å². The van der Waals surface area contributed by atoms with E-state index in [1.807, 2.05) is 19.1 Å². The fourth-order valence-electron chi connectivity index (χ4n) is 8.93. The summed E-state index contributed by atoms with van der Waals surface area (Å²) in [6.45, 7) is 4.76. The van der Waals surface area contributed by atoms with Gasteiger partial charge in [-0.3, -0.25) is 4.79 Å². The second-order valence-corrected chi connectivity index (χ2v) is 12.6. The summed E-state index contributed by atoms with van der Waals surface area (Å²) in [7, 11) is 0. The van der Waals surface area contributed by atoms with Gasteiger partial charge in [0, 0.05) is 10.9 Å². The molecule has 4 aliphatic carbocycles. The van der Waals surface area contributed by atoms with Crippen LogP contribution in [0.4, 0.5) is 0 Å². The Kier molecular flexibility index (Phi) is 5.19. The van der Waals surface area contributed by atoms with Crippen LogP contribution in [0.15, 0.2) is 18.2 Å². The van der Waals surface area contributed by atoms with Gasteiger partial charge in [0.15, 0.2) is 5.78 Å². The molecular weight excluding hydrogens is 434 g/mol. The van der Waals surface area contributed by atoms with Gasteiger partial charge in [-0.15, -0.1) is 5.10 Å². The molecule has 0 aliphatic heterocycles. The SMILES string of the molecule is C[C@@]1(O)CC[C@H]2[C@H](CC[C@@H]3[C@@H]2CC[C@]2(C)[C@@H](C(=O)Cn4nnc5cc(Cl)ccc54)CC[C@@H]32)C1. The molecule has 4 fully saturated rings. The number of rotatable bonds is 3. The molecule has 1 N–H and O–H groups in total. The van der Waals surface area contributed by atoms with Crippen molar-refractivity contribution in [3.05, 3.63) is 23.2 Å². The van der Waals surface area contributed by atoms with Crippen LogP contribution in [0.1, 0.15) is 71.6 Å². The molecule has 2 aromatic rings. The van der Waals surface area contributed by atoms with Crippen LogP contribution in [0.5, 0.6) is 0 Å². The summed E-state index contributed by atoms with van der Waals surface area (Å²) in [6.07, 6.45) is 10.3. The predicted octanol–water partition coefficient (Wildman–Crippen LogP) is 5.67. The molecule has 0 spiro atoms. The van der Waals surface area contributed by atoms with Crippen molar-refractivity contribution >= 4 is 28.4 Å². The maximum atomic E-state index is 13.6. The van der Waals surface area contributed by atoms with Crippen molar-refractivity contribution in [2.24, 2.45) is 40.9 Å². The van der Waals surface area contributed by atoms with Gasteiger partial charge in [0.2, 0.25) is 0 Å². The number of benzene rings is 1. The van der Waals surface area contributed by atoms with Crippen molar-refractivity contribution in [1.29, 1.82) is 0 Å². The van der Waals surface area contributed by atoms with Crippen LogP contribution in [-0.4, -0.2) is 31.5 Å². The third-order valence-electron chi connectivity index (χ3n) is 10.4. The van der Waals surface area contributed by atoms with Gasteiger partial charge in [-0.1, -0.05) is 23.7 Å². The Balaban J connectivity index is 1.19. The molecule has 0 bridgehead atoms. The summed E-state index contributed by atoms with van der Waals surface area (Å²) in [5, 5.41) is 19.7. The van der Waals surface area contributed by atoms with Crippen LogP contribution in [0.25, 0.3) is 11.0 Å². The Morgan fingerprint density at radius 1 is 1.09 bits per heavy atom. The molecule has 4 aliphatic rings. The highest BCUT2D eigenvalue weighted by molar-refractivity contribution is 6.31. The van der Waals surface area contributed by atoms with Crippen LogP contribution in [0.3, 0.4) is 0 Å². The van der Waals surface area contributed by atoms with E-state index in [4.69, 9.17) is 11.6 Å². The van der Waals surface area contributed by atoms with E-state index < -0.39 is 5.60 Å². The monoisotopic (exact) mass is 469 g/mol. The minimum Gasteiger partial charge on any atom is -0.390 e. The normalized spacial score (nSPS) is 42.5. The summed E-state index contributed by atoms with van der Waals surface area (Å²) in [5.74, 6) is 4.17. The molecule has 5 nitrogen and oxygen atoms in total. The molecule has 6 heteroatoms. The zero-order valence-electron chi connectivity index (χ0n) is 19.8. The van der Waals surface area contributed by atoms with E-state index in [0.29, 0.717) is 29.2 Å². The van der Waals surface area contributed by atoms with Crippen LogP contribution in [0.2, 0.25) is 5.02 Å². The van der Waals surface area contributed by atoms with E-state index in [2.05, 4.69) is 17.2 Å². The van der Waals surface area contributed by atoms with E-state index in [9.17, 15) is 9.90 Å². The van der Waals surface area contributed by atoms with Gasteiger partial charge >= 0.3 is 0 Å². The molecule has 0 unspecified atom stereocenters. The molecule has 1 heterocycles. The quantitative estimate of drug-likeness (QED) is 0.628. The summed E-state index contributed by atoms with van der Waals surface area (Å²) in [5.41, 5.74) is 1.28. The second-order valence-electron chi connectivity index (χ2n) is 12.2. The number of nitrogens with zero attached hydrogens (tertiary/aromatic N) is 3. The number of carbonyl (C=O) groups is 1. The fraction of sp³-hybridized carbons (Fsp3) is 0.741. The highest BCUT2D eigenvalue weighted by atomic mass is 35.5. The molecule has 6 rings (SSSR count). The first-order valence-electron chi connectivity index (χ1n) is 13.0. The molecule has 0 amide bonds. The number of Topliss-reactive ketones (excluding diaryl/α,β-unsaturated/α-hetero) is 1. The van der Waals surface area contributed by atoms with Crippen LogP contribution in [-0.2, 0) is 11.3 Å². The molecule has 1 aromatic carbocycles. The van der Waals surface area contributed by atoms with Crippen molar-refractivity contribution in [2.75, 3.05) is 0 Å². The molecule has 0 saturated heterocycles. The van der Waals surface area contributed by atoms with E-state index in [-0.39, 0.29) is 11.3 Å². The standard InChI is InChI=1S/C27H36ClN3O2/c1-26(33)11-9-18-16(14-26)3-5-20-19(18)10-12-27(2)21(20)6-7-22(27)25(32)15-31-24-8-4-17(28)13-23(24)29-30-31/h4,8,13,16,18-22,33H,3,5-7,9-12,14-15H2,1-2H3/t16-,18+,19-,20-,21+,22-,26-,27+/m1/s1. The summed E-state index contributed by atoms with van der Waals surface area (Å²) in [6, 6.07) is 5.55. The maximum Gasteiger partial charge on any atom is 0.157 e. The number of ketones is 1. The van der Waals surface area contributed by atoms with Gasteiger partial charge in [0.05, 0.1) is 11.1 Å². The molecule has 8 atom stereocenters. The first-order chi connectivity index (χ1) is 15.7. The topological polar surface area (TPSA) is 68.0 Å². The average molecular weight is 470 g/mol. The maximum absolute atomic E-state index is 13.6. The zero-order valence-corrected chi connectivity index (χ0v) is 20.6. The highest BCUT2D eigenvalue weighted by Gasteiger charge is 2.58. The Labute approximate surface area is 201 Å². The Morgan fingerprint density at radius 3 is 2.76 bits per heavy atom. The summed E-state index contributed by atoms with van der Waals surface area (Å²) < 4.78 is 1.76. The number of carbonyl (C=O) groups excluding carboxylic acids is 1. The second kappa shape index (κ2) is 7.78. The molecule has 1 aromatic heterocycles. The Hall–Kier alpha value is -1.46. The van der Waals surface area contributed by atoms with E-state index in [1.54, 1.807) is 10.7 Å². The first kappa shape index (κ1) is 22.0. The predicted molar refractivity (Wildman–Crippen MR) is 129 cm³/mol. The molecule has 33 heavy (non-hydrogen) atoms. The van der Waals surface area contributed by atoms with Crippen molar-refractivity contribution < 1.29 is 9.90 Å². The van der Waals surface area contributed by atoms with Gasteiger partial charge in [-0.2, -0.15) is 0 Å². The van der Waals surface area contributed by atoms with Crippen molar-refractivity contribution in [3.8, 4) is 0 Å². The third kappa shape index (κ3) is 3.56. The lowest BCUT2D eigenvalue weighted by Crippen LogP contribution is -2.51. The van der Waals surface area contributed by atoms with Gasteiger partial charge in [-0.25, -0.2) is 4.68 Å². The lowest BCUT2D eigenvalue weighted by molar-refractivity contribution is -0.133. The van der Waals surface area contributed by atoms with E-state index in [0.717, 1.165) is 48.0 Å². The molecule has 0 radical (unpaired) electrons. The van der Waals surface area contributed by atoms with E-state index >= 15 is 0 Å². The van der Waals surface area contributed by atoms with Crippen molar-refractivity contribution in [2.45, 2.75) is 83.8 Å². The number of aromatic nitrogens is 3. The number of hydrogen-bond acceptors (Lipinski definition) is 4. The lowest BCUT2D eigenvalue weighted by Gasteiger charge is -2.56. The molecule has 4 saturated carbocycles. The van der Waals surface area contributed by atoms with Crippen molar-refractivity contribution in [3.63, 3.8) is 0 Å². The lowest BCUT2D eigenvalue weighted by atomic mass is 9.49. The minimum absolute atomic E-state index is 0.116. The fourth-order valence-corrected chi connectivity index (χ4v) is 9.10. The first-order valence-corrected chi connectivity index (χ1v) is 13.4. The Morgan fingerprint density at radius 2 is 1.91 bits per heavy atom. The number of halogens is 1. The third-order valence-corrected chi connectivity index (χ3v) is 10.6. The zero-order chi connectivity index (χ0) is 23.0. The minimum atomic E-state index is -0.459. The van der Waals surface area contributed by atoms with Crippen LogP contribution >= 0.6 is 11.6 Å². The average Bonchev–Trinajstić information content (AvgIpc) is 3.32. The largest absolute Gasteiger partial charge is 0.390 e. The number of hydrogen-bond donors (Lipinski definition) is 1. The van der Waals surface area contributed by atoms with Gasteiger partial charge < -0.3 is 5.11 Å². The molecule has 178 valence electrons. The van der Waals surface area contributed by atoms with Gasteiger partial charge in [-0.05, 0) is 118 Å². The summed E-state index contributed by atoms with van der Waals surface area (Å²) in [4.78, 5) is 13.6. The summed E-state index contributed by atoms with van der Waals surface area (Å²) >= 11 is 6.09. The van der Waals surface area contributed by atoms with Gasteiger partial charge in [0.1, 0.15) is 12.1 Å². The number of aliphatic hydroxyl groups is 1. The number of fused-ring (bicyclic) bond motifs is 6. The van der Waals surface area contributed by atoms with Crippen LogP contribution in [0, 0.1) is 40.9 Å². The van der Waals surface area contributed by atoms with Crippen LogP contribution < -0.4 is 0 Å². The van der Waals surface area contributed by atoms with Gasteiger partial charge in [0.25, 0.3) is 0 Å².